The second-order valence-electron chi connectivity index (χ2n) is 7.14. The summed E-state index contributed by atoms with van der Waals surface area (Å²) in [6, 6.07) is 11.6. The van der Waals surface area contributed by atoms with Gasteiger partial charge in [-0.1, -0.05) is 32.0 Å². The van der Waals surface area contributed by atoms with Crippen LogP contribution >= 0.6 is 0 Å². The molecule has 2 amide bonds. The van der Waals surface area contributed by atoms with Crippen LogP contribution in [0.3, 0.4) is 0 Å². The maximum Gasteiger partial charge on any atom is 0.243 e. The Kier molecular flexibility index (Phi) is 5.45. The van der Waals surface area contributed by atoms with E-state index in [0.29, 0.717) is 19.5 Å². The molecule has 1 N–H and O–H groups in total. The minimum absolute atomic E-state index is 0.0786. The van der Waals surface area contributed by atoms with Gasteiger partial charge in [0.05, 0.1) is 7.11 Å². The lowest BCUT2D eigenvalue weighted by Crippen LogP contribution is -2.50. The fraction of sp³-hybridized carbons (Fsp3) is 0.429. The number of nitrogens with one attached hydrogen (secondary N) is 1. The first-order chi connectivity index (χ1) is 12.5. The van der Waals surface area contributed by atoms with Gasteiger partial charge in [0.25, 0.3) is 0 Å². The standard InChI is InChI=1S/C21H26N2O3/c1-14(2)20(23-10-4-5-19(23)24)21(25)22-13-15-6-7-17-12-18(26-3)9-8-16(17)11-15/h6-9,11-12,14,20H,4-5,10,13H2,1-3H3,(H,22,25). The Morgan fingerprint density at radius 2 is 1.92 bits per heavy atom. The minimum atomic E-state index is -0.394. The molecule has 1 atom stereocenters. The summed E-state index contributed by atoms with van der Waals surface area (Å²) in [6.07, 6.45) is 1.38. The first-order valence-corrected chi connectivity index (χ1v) is 9.13. The number of methoxy groups -OCH3 is 1. The second kappa shape index (κ2) is 7.77. The Hall–Kier alpha value is -2.56. The van der Waals surface area contributed by atoms with Crippen molar-refractivity contribution in [3.63, 3.8) is 0 Å². The maximum atomic E-state index is 12.7. The largest absolute Gasteiger partial charge is 0.497 e. The third-order valence-corrected chi connectivity index (χ3v) is 4.92. The van der Waals surface area contributed by atoms with Crippen LogP contribution in [0.15, 0.2) is 36.4 Å². The van der Waals surface area contributed by atoms with Crippen molar-refractivity contribution in [1.82, 2.24) is 10.2 Å². The quantitative estimate of drug-likeness (QED) is 0.867. The van der Waals surface area contributed by atoms with Crippen LogP contribution in [0.2, 0.25) is 0 Å². The summed E-state index contributed by atoms with van der Waals surface area (Å²) in [7, 11) is 1.65. The second-order valence-corrected chi connectivity index (χ2v) is 7.14. The molecule has 0 radical (unpaired) electrons. The molecule has 1 aliphatic rings. The van der Waals surface area contributed by atoms with Crippen molar-refractivity contribution in [3.05, 3.63) is 42.0 Å². The number of fused-ring (bicyclic) bond motifs is 1. The molecular formula is C21H26N2O3. The number of likely N-dealkylation sites (tertiary alicyclic amines) is 1. The fourth-order valence-electron chi connectivity index (χ4n) is 3.57. The molecule has 0 saturated carbocycles. The van der Waals surface area contributed by atoms with Crippen LogP contribution in [0.4, 0.5) is 0 Å². The Morgan fingerprint density at radius 3 is 2.58 bits per heavy atom. The van der Waals surface area contributed by atoms with Crippen molar-refractivity contribution in [2.45, 2.75) is 39.3 Å². The number of hydrogen-bond donors (Lipinski definition) is 1. The van der Waals surface area contributed by atoms with Gasteiger partial charge in [-0.2, -0.15) is 0 Å². The number of amides is 2. The van der Waals surface area contributed by atoms with Gasteiger partial charge in [0.2, 0.25) is 11.8 Å². The molecule has 0 spiro atoms. The lowest BCUT2D eigenvalue weighted by Gasteiger charge is -2.29. The fourth-order valence-corrected chi connectivity index (χ4v) is 3.57. The molecule has 1 heterocycles. The monoisotopic (exact) mass is 354 g/mol. The minimum Gasteiger partial charge on any atom is -0.497 e. The number of carbonyl (C=O) groups is 2. The Labute approximate surface area is 154 Å². The smallest absolute Gasteiger partial charge is 0.243 e. The highest BCUT2D eigenvalue weighted by atomic mass is 16.5. The number of benzene rings is 2. The average Bonchev–Trinajstić information content (AvgIpc) is 3.04. The third-order valence-electron chi connectivity index (χ3n) is 4.92. The van der Waals surface area contributed by atoms with E-state index in [4.69, 9.17) is 4.74 Å². The van der Waals surface area contributed by atoms with E-state index in [-0.39, 0.29) is 17.7 Å². The molecule has 0 bridgehead atoms. The van der Waals surface area contributed by atoms with Crippen LogP contribution in [0.1, 0.15) is 32.3 Å². The molecule has 1 fully saturated rings. The topological polar surface area (TPSA) is 58.6 Å². The predicted octanol–water partition coefficient (Wildman–Crippen LogP) is 3.11. The van der Waals surface area contributed by atoms with Gasteiger partial charge >= 0.3 is 0 Å². The molecule has 1 aliphatic heterocycles. The van der Waals surface area contributed by atoms with Gasteiger partial charge in [0.1, 0.15) is 11.8 Å². The highest BCUT2D eigenvalue weighted by Crippen LogP contribution is 2.22. The van der Waals surface area contributed by atoms with Crippen molar-refractivity contribution in [2.24, 2.45) is 5.92 Å². The van der Waals surface area contributed by atoms with Crippen molar-refractivity contribution in [2.75, 3.05) is 13.7 Å². The number of carbonyl (C=O) groups excluding carboxylic acids is 2. The van der Waals surface area contributed by atoms with Gasteiger partial charge in [-0.3, -0.25) is 9.59 Å². The molecule has 1 saturated heterocycles. The van der Waals surface area contributed by atoms with Crippen LogP contribution in [-0.2, 0) is 16.1 Å². The normalized spacial score (nSPS) is 15.5. The van der Waals surface area contributed by atoms with Gasteiger partial charge in [0, 0.05) is 19.5 Å². The van der Waals surface area contributed by atoms with Crippen molar-refractivity contribution >= 4 is 22.6 Å². The summed E-state index contributed by atoms with van der Waals surface area (Å²) in [5.41, 5.74) is 1.03. The van der Waals surface area contributed by atoms with E-state index in [9.17, 15) is 9.59 Å². The first kappa shape index (κ1) is 18.2. The lowest BCUT2D eigenvalue weighted by atomic mass is 10.0. The zero-order valence-electron chi connectivity index (χ0n) is 15.6. The van der Waals surface area contributed by atoms with Crippen molar-refractivity contribution in [1.29, 1.82) is 0 Å². The van der Waals surface area contributed by atoms with Crippen LogP contribution in [0, 0.1) is 5.92 Å². The Morgan fingerprint density at radius 1 is 1.19 bits per heavy atom. The first-order valence-electron chi connectivity index (χ1n) is 9.13. The number of ether oxygens (including phenoxy) is 1. The van der Waals surface area contributed by atoms with Gasteiger partial charge in [-0.15, -0.1) is 0 Å². The third kappa shape index (κ3) is 3.82. The molecule has 138 valence electrons. The SMILES string of the molecule is COc1ccc2cc(CNC(=O)C(C(C)C)N3CCCC3=O)ccc2c1. The van der Waals surface area contributed by atoms with Crippen LogP contribution in [0.25, 0.3) is 10.8 Å². The summed E-state index contributed by atoms with van der Waals surface area (Å²) in [5, 5.41) is 5.21. The maximum absolute atomic E-state index is 12.7. The molecule has 0 aliphatic carbocycles. The predicted molar refractivity (Wildman–Crippen MR) is 102 cm³/mol. The molecule has 2 aromatic carbocycles. The van der Waals surface area contributed by atoms with Gasteiger partial charge in [-0.25, -0.2) is 0 Å². The van der Waals surface area contributed by atoms with Crippen LogP contribution in [-0.4, -0.2) is 36.4 Å². The molecule has 26 heavy (non-hydrogen) atoms. The van der Waals surface area contributed by atoms with Gasteiger partial charge in [0.15, 0.2) is 0 Å². The average molecular weight is 354 g/mol. The van der Waals surface area contributed by atoms with E-state index in [1.165, 1.54) is 0 Å². The molecule has 1 unspecified atom stereocenters. The highest BCUT2D eigenvalue weighted by molar-refractivity contribution is 5.89. The summed E-state index contributed by atoms with van der Waals surface area (Å²) in [4.78, 5) is 26.5. The molecule has 0 aromatic heterocycles. The van der Waals surface area contributed by atoms with Crippen molar-refractivity contribution in [3.8, 4) is 5.75 Å². The molecular weight excluding hydrogens is 328 g/mol. The van der Waals surface area contributed by atoms with Crippen molar-refractivity contribution < 1.29 is 14.3 Å². The van der Waals surface area contributed by atoms with E-state index in [2.05, 4.69) is 11.4 Å². The summed E-state index contributed by atoms with van der Waals surface area (Å²) >= 11 is 0. The summed E-state index contributed by atoms with van der Waals surface area (Å²) < 4.78 is 5.25. The van der Waals surface area contributed by atoms with E-state index < -0.39 is 6.04 Å². The van der Waals surface area contributed by atoms with Gasteiger partial charge < -0.3 is 15.0 Å². The Bertz CT molecular complexity index is 816. The summed E-state index contributed by atoms with van der Waals surface area (Å²) in [5.74, 6) is 0.915. The van der Waals surface area contributed by atoms with Gasteiger partial charge in [-0.05, 0) is 46.9 Å². The number of hydrogen-bond acceptors (Lipinski definition) is 3. The zero-order chi connectivity index (χ0) is 18.7. The van der Waals surface area contributed by atoms with Crippen LogP contribution in [0.5, 0.6) is 5.75 Å². The van der Waals surface area contributed by atoms with E-state index in [0.717, 1.165) is 28.5 Å². The van der Waals surface area contributed by atoms with E-state index in [1.54, 1.807) is 12.0 Å². The van der Waals surface area contributed by atoms with E-state index >= 15 is 0 Å². The number of rotatable bonds is 6. The zero-order valence-corrected chi connectivity index (χ0v) is 15.6. The highest BCUT2D eigenvalue weighted by Gasteiger charge is 2.34. The van der Waals surface area contributed by atoms with Crippen LogP contribution < -0.4 is 10.1 Å². The Balaban J connectivity index is 1.69. The molecule has 5 nitrogen and oxygen atoms in total. The lowest BCUT2D eigenvalue weighted by molar-refractivity contribution is -0.139. The molecule has 5 heteroatoms. The molecule has 2 aromatic rings. The van der Waals surface area contributed by atoms with E-state index in [1.807, 2.05) is 44.2 Å². The number of nitrogens with zero attached hydrogens (tertiary/aromatic N) is 1. The summed E-state index contributed by atoms with van der Waals surface area (Å²) in [6.45, 7) is 5.09. The molecule has 3 rings (SSSR count).